The fourth-order valence-electron chi connectivity index (χ4n) is 2.62. The Morgan fingerprint density at radius 3 is 2.56 bits per heavy atom. The number of methoxy groups -OCH3 is 1. The minimum absolute atomic E-state index is 0.135. The van der Waals surface area contributed by atoms with Gasteiger partial charge in [0.05, 0.1) is 7.11 Å². The highest BCUT2D eigenvalue weighted by molar-refractivity contribution is 6.02. The van der Waals surface area contributed by atoms with Crippen LogP contribution in [-0.2, 0) is 0 Å². The van der Waals surface area contributed by atoms with Crippen molar-refractivity contribution in [1.82, 2.24) is 0 Å². The molecule has 0 aliphatic heterocycles. The zero-order chi connectivity index (χ0) is 13.1. The average Bonchev–Trinajstić information content (AvgIpc) is 2.39. The second-order valence-corrected chi connectivity index (χ2v) is 5.27. The molecule has 0 bridgehead atoms. The molecule has 1 saturated carbocycles. The van der Waals surface area contributed by atoms with Crippen LogP contribution in [0.5, 0.6) is 5.75 Å². The third-order valence-electron chi connectivity index (χ3n) is 3.91. The summed E-state index contributed by atoms with van der Waals surface area (Å²) in [5.74, 6) is 1.75. The predicted molar refractivity (Wildman–Crippen MR) is 72.9 cm³/mol. The van der Waals surface area contributed by atoms with E-state index in [-0.39, 0.29) is 11.7 Å². The van der Waals surface area contributed by atoms with Gasteiger partial charge in [-0.05, 0) is 37.0 Å². The van der Waals surface area contributed by atoms with Gasteiger partial charge in [0.15, 0.2) is 5.78 Å². The average molecular weight is 247 g/mol. The molecule has 98 valence electrons. The first-order valence-electron chi connectivity index (χ1n) is 6.59. The van der Waals surface area contributed by atoms with Gasteiger partial charge >= 0.3 is 0 Å². The summed E-state index contributed by atoms with van der Waals surface area (Å²) in [4.78, 5) is 12.5. The van der Waals surface area contributed by atoms with Gasteiger partial charge in [-0.1, -0.05) is 19.8 Å². The van der Waals surface area contributed by atoms with Gasteiger partial charge < -0.3 is 10.5 Å². The Labute approximate surface area is 108 Å². The van der Waals surface area contributed by atoms with Crippen molar-refractivity contribution in [2.45, 2.75) is 32.6 Å². The minimum Gasteiger partial charge on any atom is -0.497 e. The van der Waals surface area contributed by atoms with Crippen molar-refractivity contribution in [2.24, 2.45) is 11.8 Å². The van der Waals surface area contributed by atoms with Gasteiger partial charge in [0.2, 0.25) is 0 Å². The first kappa shape index (κ1) is 12.9. The van der Waals surface area contributed by atoms with Crippen LogP contribution in [0, 0.1) is 11.8 Å². The van der Waals surface area contributed by atoms with Gasteiger partial charge in [-0.3, -0.25) is 4.79 Å². The summed E-state index contributed by atoms with van der Waals surface area (Å²) in [5.41, 5.74) is 7.08. The topological polar surface area (TPSA) is 52.3 Å². The van der Waals surface area contributed by atoms with E-state index in [0.717, 1.165) is 31.6 Å². The molecule has 3 nitrogen and oxygen atoms in total. The number of rotatable bonds is 3. The highest BCUT2D eigenvalue weighted by atomic mass is 16.5. The smallest absolute Gasteiger partial charge is 0.168 e. The van der Waals surface area contributed by atoms with Crippen LogP contribution in [0.1, 0.15) is 43.0 Å². The Kier molecular flexibility index (Phi) is 3.90. The quantitative estimate of drug-likeness (QED) is 0.658. The second kappa shape index (κ2) is 5.42. The summed E-state index contributed by atoms with van der Waals surface area (Å²) in [6.45, 7) is 2.25. The van der Waals surface area contributed by atoms with Gasteiger partial charge in [-0.25, -0.2) is 0 Å². The van der Waals surface area contributed by atoms with E-state index >= 15 is 0 Å². The number of ether oxygens (including phenoxy) is 1. The van der Waals surface area contributed by atoms with Gasteiger partial charge in [0.25, 0.3) is 0 Å². The standard InChI is InChI=1S/C15H21NO2/c1-10-3-5-11(6-4-10)15(17)13-9-12(18-2)7-8-14(13)16/h7-11H,3-6,16H2,1-2H3. The number of anilines is 1. The van der Waals surface area contributed by atoms with Crippen LogP contribution >= 0.6 is 0 Å². The molecule has 1 aliphatic carbocycles. The fraction of sp³-hybridized carbons (Fsp3) is 0.533. The zero-order valence-corrected chi connectivity index (χ0v) is 11.1. The van der Waals surface area contributed by atoms with Crippen LogP contribution < -0.4 is 10.5 Å². The molecule has 0 radical (unpaired) electrons. The van der Waals surface area contributed by atoms with Crippen molar-refractivity contribution in [3.05, 3.63) is 23.8 Å². The monoisotopic (exact) mass is 247 g/mol. The maximum absolute atomic E-state index is 12.5. The molecule has 1 aromatic rings. The summed E-state index contributed by atoms with van der Waals surface area (Å²) in [7, 11) is 1.60. The van der Waals surface area contributed by atoms with E-state index in [2.05, 4.69) is 6.92 Å². The van der Waals surface area contributed by atoms with Crippen LogP contribution in [0.2, 0.25) is 0 Å². The Balaban J connectivity index is 2.17. The molecule has 0 atom stereocenters. The number of nitrogen functional groups attached to an aromatic ring is 1. The molecule has 0 spiro atoms. The van der Waals surface area contributed by atoms with Gasteiger partial charge in [-0.2, -0.15) is 0 Å². The number of ketones is 1. The Bertz CT molecular complexity index is 434. The van der Waals surface area contributed by atoms with Gasteiger partial charge in [0, 0.05) is 17.2 Å². The third-order valence-corrected chi connectivity index (χ3v) is 3.91. The molecule has 2 N–H and O–H groups in total. The summed E-state index contributed by atoms with van der Waals surface area (Å²) in [5, 5.41) is 0. The lowest BCUT2D eigenvalue weighted by atomic mass is 9.79. The molecule has 0 aromatic heterocycles. The molecular weight excluding hydrogens is 226 g/mol. The SMILES string of the molecule is COc1ccc(N)c(C(=O)C2CCC(C)CC2)c1. The minimum atomic E-state index is 0.135. The van der Waals surface area contributed by atoms with Crippen molar-refractivity contribution >= 4 is 11.5 Å². The molecule has 1 fully saturated rings. The normalized spacial score (nSPS) is 23.7. The molecule has 0 saturated heterocycles. The molecular formula is C15H21NO2. The maximum atomic E-state index is 12.5. The Morgan fingerprint density at radius 1 is 1.28 bits per heavy atom. The summed E-state index contributed by atoms with van der Waals surface area (Å²) >= 11 is 0. The molecule has 0 amide bonds. The first-order valence-corrected chi connectivity index (χ1v) is 6.59. The van der Waals surface area contributed by atoms with Crippen molar-refractivity contribution in [3.8, 4) is 5.75 Å². The number of Topliss-reactive ketones (excluding diaryl/α,β-unsaturated/α-hetero) is 1. The highest BCUT2D eigenvalue weighted by Gasteiger charge is 2.26. The number of carbonyl (C=O) groups is 1. The zero-order valence-electron chi connectivity index (χ0n) is 11.1. The van der Waals surface area contributed by atoms with Crippen LogP contribution in [0.15, 0.2) is 18.2 Å². The molecule has 3 heteroatoms. The number of carbonyl (C=O) groups excluding carboxylic acids is 1. The van der Waals surface area contributed by atoms with E-state index in [1.807, 2.05) is 0 Å². The molecule has 18 heavy (non-hydrogen) atoms. The Morgan fingerprint density at radius 2 is 1.94 bits per heavy atom. The van der Waals surface area contributed by atoms with E-state index in [4.69, 9.17) is 10.5 Å². The number of benzene rings is 1. The fourth-order valence-corrected chi connectivity index (χ4v) is 2.62. The summed E-state index contributed by atoms with van der Waals surface area (Å²) in [6.07, 6.45) is 4.24. The lowest BCUT2D eigenvalue weighted by Crippen LogP contribution is -2.21. The molecule has 1 aliphatic rings. The van der Waals surface area contributed by atoms with Crippen LogP contribution in [0.25, 0.3) is 0 Å². The Hall–Kier alpha value is -1.51. The summed E-state index contributed by atoms with van der Waals surface area (Å²) in [6, 6.07) is 5.29. The number of hydrogen-bond acceptors (Lipinski definition) is 3. The first-order chi connectivity index (χ1) is 8.61. The van der Waals surface area contributed by atoms with Gasteiger partial charge in [-0.15, -0.1) is 0 Å². The largest absolute Gasteiger partial charge is 0.497 e. The number of nitrogens with two attached hydrogens (primary N) is 1. The highest BCUT2D eigenvalue weighted by Crippen LogP contribution is 2.32. The maximum Gasteiger partial charge on any atom is 0.168 e. The van der Waals surface area contributed by atoms with E-state index in [0.29, 0.717) is 17.0 Å². The lowest BCUT2D eigenvalue weighted by molar-refractivity contribution is 0.0876. The van der Waals surface area contributed by atoms with Crippen molar-refractivity contribution in [3.63, 3.8) is 0 Å². The van der Waals surface area contributed by atoms with Crippen LogP contribution in [-0.4, -0.2) is 12.9 Å². The van der Waals surface area contributed by atoms with E-state index in [9.17, 15) is 4.79 Å². The predicted octanol–water partition coefficient (Wildman–Crippen LogP) is 3.29. The van der Waals surface area contributed by atoms with Crippen molar-refractivity contribution in [1.29, 1.82) is 0 Å². The van der Waals surface area contributed by atoms with Crippen molar-refractivity contribution < 1.29 is 9.53 Å². The van der Waals surface area contributed by atoms with Crippen molar-refractivity contribution in [2.75, 3.05) is 12.8 Å². The molecule has 0 heterocycles. The molecule has 0 unspecified atom stereocenters. The van der Waals surface area contributed by atoms with Gasteiger partial charge in [0.1, 0.15) is 5.75 Å². The van der Waals surface area contributed by atoms with E-state index in [1.165, 1.54) is 0 Å². The lowest BCUT2D eigenvalue weighted by Gasteiger charge is -2.25. The molecule has 2 rings (SSSR count). The van der Waals surface area contributed by atoms with E-state index in [1.54, 1.807) is 25.3 Å². The summed E-state index contributed by atoms with van der Waals surface area (Å²) < 4.78 is 5.16. The third kappa shape index (κ3) is 2.66. The molecule has 1 aromatic carbocycles. The number of hydrogen-bond donors (Lipinski definition) is 1. The van der Waals surface area contributed by atoms with Crippen LogP contribution in [0.3, 0.4) is 0 Å². The van der Waals surface area contributed by atoms with E-state index < -0.39 is 0 Å². The van der Waals surface area contributed by atoms with Crippen LogP contribution in [0.4, 0.5) is 5.69 Å². The second-order valence-electron chi connectivity index (χ2n) is 5.27.